The molecule has 0 spiro atoms. The lowest BCUT2D eigenvalue weighted by Crippen LogP contribution is -2.41. The van der Waals surface area contributed by atoms with Gasteiger partial charge in [0.25, 0.3) is 5.91 Å². The van der Waals surface area contributed by atoms with E-state index in [9.17, 15) is 9.90 Å². The van der Waals surface area contributed by atoms with Crippen molar-refractivity contribution in [3.8, 4) is 0 Å². The monoisotopic (exact) mass is 264 g/mol. The van der Waals surface area contributed by atoms with E-state index in [0.717, 1.165) is 12.8 Å². The van der Waals surface area contributed by atoms with Crippen molar-refractivity contribution in [1.29, 1.82) is 0 Å². The Kier molecular flexibility index (Phi) is 4.34. The number of aromatic nitrogens is 1. The molecule has 19 heavy (non-hydrogen) atoms. The van der Waals surface area contributed by atoms with Gasteiger partial charge in [0.15, 0.2) is 0 Å². The predicted octanol–water partition coefficient (Wildman–Crippen LogP) is 0.600. The summed E-state index contributed by atoms with van der Waals surface area (Å²) in [6.07, 6.45) is 2.92. The van der Waals surface area contributed by atoms with E-state index < -0.39 is 0 Å². The maximum atomic E-state index is 12.3. The topological polar surface area (TPSA) is 91.5 Å². The number of nitrogens with zero attached hydrogens (tertiary/aromatic N) is 2. The minimum atomic E-state index is -0.305. The smallest absolute Gasteiger partial charge is 0.272 e. The lowest BCUT2D eigenvalue weighted by atomic mass is 9.92. The third-order valence-electron chi connectivity index (χ3n) is 3.65. The van der Waals surface area contributed by atoms with Gasteiger partial charge in [0.1, 0.15) is 5.69 Å². The van der Waals surface area contributed by atoms with Crippen molar-refractivity contribution < 1.29 is 9.90 Å². The van der Waals surface area contributed by atoms with Crippen LogP contribution in [0.1, 0.15) is 30.3 Å². The number of nitrogen functional groups attached to an aromatic ring is 1. The van der Waals surface area contributed by atoms with Gasteiger partial charge in [0.2, 0.25) is 0 Å². The van der Waals surface area contributed by atoms with Crippen LogP contribution in [0, 0.1) is 5.92 Å². The minimum absolute atomic E-state index is 0.0823. The van der Waals surface area contributed by atoms with Crippen molar-refractivity contribution in [3.63, 3.8) is 0 Å². The summed E-state index contributed by atoms with van der Waals surface area (Å²) in [7, 11) is 0. The summed E-state index contributed by atoms with van der Waals surface area (Å²) < 4.78 is 0. The zero-order valence-corrected chi connectivity index (χ0v) is 11.0. The number of piperidine rings is 1. The number of nitrogens with two attached hydrogens (primary N) is 1. The van der Waals surface area contributed by atoms with Gasteiger partial charge in [-0.1, -0.05) is 0 Å². The maximum absolute atomic E-state index is 12.3. The molecular formula is C13H20N4O2. The molecule has 0 bridgehead atoms. The number of aliphatic hydroxyl groups is 1. The van der Waals surface area contributed by atoms with E-state index in [4.69, 9.17) is 5.84 Å². The molecule has 1 saturated heterocycles. The quantitative estimate of drug-likeness (QED) is 0.549. The molecule has 1 fully saturated rings. The summed E-state index contributed by atoms with van der Waals surface area (Å²) in [5.41, 5.74) is 3.56. The van der Waals surface area contributed by atoms with Crippen LogP contribution in [0.3, 0.4) is 0 Å². The SMILES string of the molecule is CC(O)C1CCN(C(=O)c2cc(NN)ccn2)CC1. The highest BCUT2D eigenvalue weighted by Crippen LogP contribution is 2.21. The molecule has 0 radical (unpaired) electrons. The second kappa shape index (κ2) is 5.99. The molecule has 0 aromatic carbocycles. The minimum Gasteiger partial charge on any atom is -0.393 e. The first-order chi connectivity index (χ1) is 9.11. The van der Waals surface area contributed by atoms with Gasteiger partial charge < -0.3 is 15.4 Å². The predicted molar refractivity (Wildman–Crippen MR) is 72.4 cm³/mol. The number of carbonyl (C=O) groups excluding carboxylic acids is 1. The molecular weight excluding hydrogens is 244 g/mol. The summed E-state index contributed by atoms with van der Waals surface area (Å²) >= 11 is 0. The molecule has 6 heteroatoms. The van der Waals surface area contributed by atoms with E-state index in [2.05, 4.69) is 10.4 Å². The van der Waals surface area contributed by atoms with Crippen LogP contribution in [0.2, 0.25) is 0 Å². The third-order valence-corrected chi connectivity index (χ3v) is 3.65. The number of nitrogens with one attached hydrogen (secondary N) is 1. The Morgan fingerprint density at radius 1 is 1.58 bits per heavy atom. The van der Waals surface area contributed by atoms with Crippen molar-refractivity contribution in [2.45, 2.75) is 25.9 Å². The fraction of sp³-hybridized carbons (Fsp3) is 0.538. The van der Waals surface area contributed by atoms with Gasteiger partial charge in [0, 0.05) is 19.3 Å². The molecule has 6 nitrogen and oxygen atoms in total. The Bertz CT molecular complexity index is 442. The first-order valence-electron chi connectivity index (χ1n) is 6.52. The molecule has 0 aliphatic carbocycles. The molecule has 1 aromatic heterocycles. The van der Waals surface area contributed by atoms with Crippen LogP contribution in [-0.4, -0.2) is 40.1 Å². The molecule has 1 amide bonds. The molecule has 1 aliphatic rings. The summed E-state index contributed by atoms with van der Waals surface area (Å²) in [6, 6.07) is 3.35. The normalized spacial score (nSPS) is 18.2. The largest absolute Gasteiger partial charge is 0.393 e. The molecule has 4 N–H and O–H groups in total. The molecule has 0 saturated carbocycles. The highest BCUT2D eigenvalue weighted by Gasteiger charge is 2.26. The number of hydrogen-bond acceptors (Lipinski definition) is 5. The van der Waals surface area contributed by atoms with E-state index in [-0.39, 0.29) is 17.9 Å². The highest BCUT2D eigenvalue weighted by molar-refractivity contribution is 5.93. The van der Waals surface area contributed by atoms with E-state index in [1.54, 1.807) is 30.2 Å². The number of amides is 1. The zero-order chi connectivity index (χ0) is 13.8. The highest BCUT2D eigenvalue weighted by atomic mass is 16.3. The van der Waals surface area contributed by atoms with Gasteiger partial charge in [-0.3, -0.25) is 15.6 Å². The van der Waals surface area contributed by atoms with Crippen molar-refractivity contribution in [2.75, 3.05) is 18.5 Å². The van der Waals surface area contributed by atoms with Gasteiger partial charge in [-0.25, -0.2) is 0 Å². The number of anilines is 1. The summed E-state index contributed by atoms with van der Waals surface area (Å²) in [6.45, 7) is 3.13. The fourth-order valence-corrected chi connectivity index (χ4v) is 2.38. The average molecular weight is 264 g/mol. The van der Waals surface area contributed by atoms with Crippen molar-refractivity contribution in [2.24, 2.45) is 11.8 Å². The molecule has 1 atom stereocenters. The molecule has 104 valence electrons. The van der Waals surface area contributed by atoms with E-state index in [1.807, 2.05) is 0 Å². The zero-order valence-electron chi connectivity index (χ0n) is 11.0. The molecule has 1 unspecified atom stereocenters. The summed E-state index contributed by atoms with van der Waals surface area (Å²) in [5, 5.41) is 9.55. The maximum Gasteiger partial charge on any atom is 0.272 e. The fourth-order valence-electron chi connectivity index (χ4n) is 2.38. The standard InChI is InChI=1S/C13H20N4O2/c1-9(18)10-3-6-17(7-4-10)13(19)12-8-11(16-14)2-5-15-12/h2,5,8-10,18H,3-4,6-7,14H2,1H3,(H,15,16). The lowest BCUT2D eigenvalue weighted by molar-refractivity contribution is 0.0517. The molecule has 2 heterocycles. The third kappa shape index (κ3) is 3.21. The van der Waals surface area contributed by atoms with E-state index >= 15 is 0 Å². The van der Waals surface area contributed by atoms with Crippen LogP contribution in [-0.2, 0) is 0 Å². The number of aliphatic hydroxyl groups excluding tert-OH is 1. The Balaban J connectivity index is 2.01. The van der Waals surface area contributed by atoms with Crippen LogP contribution in [0.4, 0.5) is 5.69 Å². The Hall–Kier alpha value is -1.66. The first-order valence-corrected chi connectivity index (χ1v) is 6.52. The number of hydrogen-bond donors (Lipinski definition) is 3. The van der Waals surface area contributed by atoms with Crippen molar-refractivity contribution >= 4 is 11.6 Å². The van der Waals surface area contributed by atoms with Crippen LogP contribution >= 0.6 is 0 Å². The molecule has 2 rings (SSSR count). The van der Waals surface area contributed by atoms with Crippen molar-refractivity contribution in [3.05, 3.63) is 24.0 Å². The van der Waals surface area contributed by atoms with Crippen molar-refractivity contribution in [1.82, 2.24) is 9.88 Å². The number of carbonyl (C=O) groups is 1. The average Bonchev–Trinajstić information content (AvgIpc) is 2.46. The van der Waals surface area contributed by atoms with Gasteiger partial charge in [-0.15, -0.1) is 0 Å². The van der Waals surface area contributed by atoms with Gasteiger partial charge in [-0.2, -0.15) is 0 Å². The van der Waals surface area contributed by atoms with Crippen LogP contribution in [0.25, 0.3) is 0 Å². The van der Waals surface area contributed by atoms with Crippen LogP contribution in [0.15, 0.2) is 18.3 Å². The number of pyridine rings is 1. The van der Waals surface area contributed by atoms with E-state index in [0.29, 0.717) is 24.5 Å². The lowest BCUT2D eigenvalue weighted by Gasteiger charge is -2.33. The summed E-state index contributed by atoms with van der Waals surface area (Å²) in [5.74, 6) is 5.52. The van der Waals surface area contributed by atoms with Gasteiger partial charge in [0.05, 0.1) is 11.8 Å². The second-order valence-corrected chi connectivity index (χ2v) is 4.94. The number of likely N-dealkylation sites (tertiary alicyclic amines) is 1. The Labute approximate surface area is 112 Å². The molecule has 1 aliphatic heterocycles. The van der Waals surface area contributed by atoms with Crippen LogP contribution in [0.5, 0.6) is 0 Å². The van der Waals surface area contributed by atoms with Gasteiger partial charge in [-0.05, 0) is 37.8 Å². The number of rotatable bonds is 3. The molecule has 1 aromatic rings. The first kappa shape index (κ1) is 13.8. The Morgan fingerprint density at radius 2 is 2.26 bits per heavy atom. The number of hydrazine groups is 1. The van der Waals surface area contributed by atoms with E-state index in [1.165, 1.54) is 0 Å². The summed E-state index contributed by atoms with van der Waals surface area (Å²) in [4.78, 5) is 18.1. The second-order valence-electron chi connectivity index (χ2n) is 4.94. The van der Waals surface area contributed by atoms with Crippen LogP contribution < -0.4 is 11.3 Å². The Morgan fingerprint density at radius 3 is 2.84 bits per heavy atom. The van der Waals surface area contributed by atoms with Gasteiger partial charge >= 0.3 is 0 Å².